The zero-order chi connectivity index (χ0) is 34.4. The number of carbonyl (C=O) groups excluding carboxylic acids is 3. The molecular formula is C42H31NO6. The van der Waals surface area contributed by atoms with Crippen molar-refractivity contribution in [3.05, 3.63) is 187 Å². The molecule has 7 rings (SSSR count). The maximum absolute atomic E-state index is 11.8. The molecule has 0 aliphatic heterocycles. The van der Waals surface area contributed by atoms with Crippen LogP contribution in [0.3, 0.4) is 0 Å². The van der Waals surface area contributed by atoms with Crippen LogP contribution >= 0.6 is 0 Å². The smallest absolute Gasteiger partial charge is 0.233 e. The van der Waals surface area contributed by atoms with E-state index >= 15 is 0 Å². The van der Waals surface area contributed by atoms with E-state index in [1.807, 2.05) is 78.9 Å². The topological polar surface area (TPSA) is 118 Å². The van der Waals surface area contributed by atoms with Crippen LogP contribution < -0.4 is 0 Å². The van der Waals surface area contributed by atoms with Crippen LogP contribution in [0.2, 0.25) is 0 Å². The summed E-state index contributed by atoms with van der Waals surface area (Å²) in [5.41, 5.74) is 4.45. The van der Waals surface area contributed by atoms with Crippen molar-refractivity contribution >= 4 is 17.9 Å². The van der Waals surface area contributed by atoms with Crippen LogP contribution in [0.4, 0.5) is 0 Å². The van der Waals surface area contributed by atoms with E-state index in [1.54, 1.807) is 84.9 Å². The van der Waals surface area contributed by atoms with Gasteiger partial charge in [-0.1, -0.05) is 146 Å². The van der Waals surface area contributed by atoms with Crippen molar-refractivity contribution in [3.63, 3.8) is 0 Å². The average molecular weight is 646 g/mol. The van der Waals surface area contributed by atoms with Gasteiger partial charge < -0.3 is 14.6 Å². The third-order valence-electron chi connectivity index (χ3n) is 7.19. The van der Waals surface area contributed by atoms with Gasteiger partial charge in [0, 0.05) is 22.3 Å². The average Bonchev–Trinajstić information content (AvgIpc) is 3.62. The molecule has 7 heteroatoms. The van der Waals surface area contributed by atoms with Crippen molar-refractivity contribution in [2.75, 3.05) is 0 Å². The zero-order valence-electron chi connectivity index (χ0n) is 26.2. The molecule has 0 aliphatic rings. The van der Waals surface area contributed by atoms with Gasteiger partial charge in [-0.25, -0.2) is 4.98 Å². The number of hydrogen-bond donors (Lipinski definition) is 2. The van der Waals surface area contributed by atoms with E-state index in [-0.39, 0.29) is 11.5 Å². The van der Waals surface area contributed by atoms with Crippen molar-refractivity contribution in [3.8, 4) is 45.5 Å². The maximum Gasteiger partial charge on any atom is 0.233 e. The van der Waals surface area contributed by atoms with Crippen LogP contribution in [0, 0.1) is 0 Å². The number of phenols is 2. The molecule has 0 unspecified atom stereocenters. The molecule has 2 N–H and O–H groups in total. The standard InChI is InChI=1S/C21H15NO2.C14H10O2.C7H6O2/c23-18-14-8-7-13-17(18)21-22-19(15-9-3-1-4-10-15)20(24-21)16-11-5-2-6-12-16;15-13(11-7-3-1-4-8-11)14(16)12-9-5-2-6-10-12;8-5-6-3-1-2-4-7(6)9/h1-14,23H;1-10H;1-5,9H. The fourth-order valence-electron chi connectivity index (χ4n) is 4.70. The fourth-order valence-corrected chi connectivity index (χ4v) is 4.70. The van der Waals surface area contributed by atoms with Crippen molar-refractivity contribution in [1.82, 2.24) is 4.98 Å². The lowest BCUT2D eigenvalue weighted by Crippen LogP contribution is -2.14. The second-order valence-electron chi connectivity index (χ2n) is 10.5. The lowest BCUT2D eigenvalue weighted by Gasteiger charge is -2.00. The number of hydrogen-bond acceptors (Lipinski definition) is 7. The Bertz CT molecular complexity index is 2020. The number of aromatic nitrogens is 1. The van der Waals surface area contributed by atoms with E-state index in [1.165, 1.54) is 6.07 Å². The number of carbonyl (C=O) groups is 3. The molecule has 0 saturated heterocycles. The van der Waals surface area contributed by atoms with Crippen molar-refractivity contribution in [1.29, 1.82) is 0 Å². The molecule has 49 heavy (non-hydrogen) atoms. The lowest BCUT2D eigenvalue weighted by molar-refractivity contribution is 0.0817. The molecule has 0 amide bonds. The minimum Gasteiger partial charge on any atom is -0.507 e. The van der Waals surface area contributed by atoms with Gasteiger partial charge in [0.2, 0.25) is 17.5 Å². The minimum atomic E-state index is -0.466. The molecule has 7 aromatic rings. The monoisotopic (exact) mass is 645 g/mol. The summed E-state index contributed by atoms with van der Waals surface area (Å²) in [6, 6.07) is 50.4. The molecular weight excluding hydrogens is 614 g/mol. The van der Waals surface area contributed by atoms with Gasteiger partial charge in [-0.3, -0.25) is 14.4 Å². The van der Waals surface area contributed by atoms with Gasteiger partial charge in [-0.15, -0.1) is 0 Å². The van der Waals surface area contributed by atoms with E-state index in [9.17, 15) is 19.5 Å². The highest BCUT2D eigenvalue weighted by molar-refractivity contribution is 6.49. The summed E-state index contributed by atoms with van der Waals surface area (Å²) in [4.78, 5) is 38.3. The third kappa shape index (κ3) is 8.69. The van der Waals surface area contributed by atoms with Gasteiger partial charge in [0.15, 0.2) is 12.0 Å². The van der Waals surface area contributed by atoms with Gasteiger partial charge in [0.25, 0.3) is 0 Å². The Morgan fingerprint density at radius 2 is 0.939 bits per heavy atom. The zero-order valence-corrected chi connectivity index (χ0v) is 26.2. The Morgan fingerprint density at radius 1 is 0.510 bits per heavy atom. The normalized spacial score (nSPS) is 10.0. The Morgan fingerprint density at radius 3 is 1.41 bits per heavy atom. The summed E-state index contributed by atoms with van der Waals surface area (Å²) in [7, 11) is 0. The van der Waals surface area contributed by atoms with Crippen LogP contribution in [0.5, 0.6) is 11.5 Å². The molecule has 0 radical (unpaired) electrons. The Balaban J connectivity index is 0.000000161. The molecule has 1 heterocycles. The highest BCUT2D eigenvalue weighted by atomic mass is 16.4. The molecule has 0 aliphatic carbocycles. The highest BCUT2D eigenvalue weighted by Gasteiger charge is 2.19. The second-order valence-corrected chi connectivity index (χ2v) is 10.5. The summed E-state index contributed by atoms with van der Waals surface area (Å²) in [6.45, 7) is 0. The first kappa shape index (κ1) is 33.5. The van der Waals surface area contributed by atoms with Crippen LogP contribution in [0.15, 0.2) is 174 Å². The summed E-state index contributed by atoms with van der Waals surface area (Å²) in [5.74, 6) is 0.356. The van der Waals surface area contributed by atoms with Crippen LogP contribution in [0.1, 0.15) is 31.1 Å². The summed E-state index contributed by atoms with van der Waals surface area (Å²) >= 11 is 0. The first-order valence-electron chi connectivity index (χ1n) is 15.3. The predicted octanol–water partition coefficient (Wildman–Crippen LogP) is 9.34. The molecule has 0 bridgehead atoms. The SMILES string of the molecule is O=C(C(=O)c1ccccc1)c1ccccc1.O=Cc1ccccc1O.Oc1ccccc1-c1nc(-c2ccccc2)c(-c2ccccc2)o1. The van der Waals surface area contributed by atoms with E-state index in [0.717, 1.165) is 16.8 Å². The number of nitrogens with zero attached hydrogens (tertiary/aromatic N) is 1. The quantitative estimate of drug-likeness (QED) is 0.101. The first-order valence-corrected chi connectivity index (χ1v) is 15.3. The number of phenolic OH excluding ortho intramolecular Hbond substituents is 2. The van der Waals surface area contributed by atoms with Crippen LogP contribution in [0.25, 0.3) is 34.0 Å². The molecule has 0 saturated carbocycles. The number of oxazole rings is 1. The van der Waals surface area contributed by atoms with Gasteiger partial charge in [-0.05, 0) is 24.3 Å². The van der Waals surface area contributed by atoms with Gasteiger partial charge in [0.1, 0.15) is 17.2 Å². The Labute approximate surface area is 283 Å². The number of aromatic hydroxyl groups is 2. The number of para-hydroxylation sites is 2. The largest absolute Gasteiger partial charge is 0.507 e. The van der Waals surface area contributed by atoms with Crippen molar-refractivity contribution in [2.45, 2.75) is 0 Å². The second kappa shape index (κ2) is 16.6. The molecule has 7 nitrogen and oxygen atoms in total. The third-order valence-corrected chi connectivity index (χ3v) is 7.19. The number of rotatable bonds is 7. The molecule has 0 spiro atoms. The van der Waals surface area contributed by atoms with E-state index < -0.39 is 11.6 Å². The van der Waals surface area contributed by atoms with Crippen LogP contribution in [-0.2, 0) is 0 Å². The van der Waals surface area contributed by atoms with E-state index in [4.69, 9.17) is 9.52 Å². The maximum atomic E-state index is 11.8. The Hall–Kier alpha value is -6.86. The number of benzene rings is 6. The number of Topliss-reactive ketones (excluding diaryl/α,β-unsaturated/α-hetero) is 2. The first-order chi connectivity index (χ1) is 24.0. The minimum absolute atomic E-state index is 0.0347. The fraction of sp³-hybridized carbons (Fsp3) is 0. The summed E-state index contributed by atoms with van der Waals surface area (Å²) in [5, 5.41) is 19.0. The van der Waals surface area contributed by atoms with Gasteiger partial charge >= 0.3 is 0 Å². The summed E-state index contributed by atoms with van der Waals surface area (Å²) in [6.07, 6.45) is 0.620. The predicted molar refractivity (Wildman–Crippen MR) is 190 cm³/mol. The number of aldehydes is 1. The molecule has 6 aromatic carbocycles. The molecule has 240 valence electrons. The molecule has 0 fully saturated rings. The van der Waals surface area contributed by atoms with E-state index in [0.29, 0.717) is 40.2 Å². The number of ketones is 2. The van der Waals surface area contributed by atoms with Crippen molar-refractivity contribution in [2.24, 2.45) is 0 Å². The Kier molecular flexibility index (Phi) is 11.4. The molecule has 1 aromatic heterocycles. The van der Waals surface area contributed by atoms with E-state index in [2.05, 4.69) is 4.98 Å². The summed E-state index contributed by atoms with van der Waals surface area (Å²) < 4.78 is 6.05. The van der Waals surface area contributed by atoms with Crippen LogP contribution in [-0.4, -0.2) is 33.0 Å². The van der Waals surface area contributed by atoms with Gasteiger partial charge in [0.05, 0.1) is 11.1 Å². The van der Waals surface area contributed by atoms with Crippen molar-refractivity contribution < 1.29 is 29.0 Å². The molecule has 0 atom stereocenters. The highest BCUT2D eigenvalue weighted by Crippen LogP contribution is 2.38. The van der Waals surface area contributed by atoms with Gasteiger partial charge in [-0.2, -0.15) is 0 Å². The lowest BCUT2D eigenvalue weighted by atomic mass is 10.0.